The summed E-state index contributed by atoms with van der Waals surface area (Å²) in [7, 11) is 1.88. The number of ether oxygens (including phenoxy) is 1. The summed E-state index contributed by atoms with van der Waals surface area (Å²) in [5, 5.41) is 20.3. The number of pyridine rings is 1. The van der Waals surface area contributed by atoms with Crippen molar-refractivity contribution in [2.75, 3.05) is 35.0 Å². The molecule has 2 amide bonds. The zero-order chi connectivity index (χ0) is 29.6. The van der Waals surface area contributed by atoms with Crippen LogP contribution in [0.2, 0.25) is 0 Å². The molecule has 4 aromatic rings. The van der Waals surface area contributed by atoms with Crippen molar-refractivity contribution < 1.29 is 9.53 Å². The lowest BCUT2D eigenvalue weighted by Gasteiger charge is -2.36. The highest BCUT2D eigenvalue weighted by Gasteiger charge is 2.31. The molecule has 0 unspecified atom stereocenters. The van der Waals surface area contributed by atoms with Crippen LogP contribution in [-0.2, 0) is 18.3 Å². The molecule has 2 aliphatic rings. The fraction of sp³-hybridized carbons (Fsp3) is 0.355. The second-order valence-electron chi connectivity index (χ2n) is 10.8. The smallest absolute Gasteiger partial charge is 0.323 e. The van der Waals surface area contributed by atoms with Crippen LogP contribution in [0.4, 0.5) is 22.4 Å². The average Bonchev–Trinajstić information content (AvgIpc) is 3.74. The van der Waals surface area contributed by atoms with Gasteiger partial charge in [-0.1, -0.05) is 30.3 Å². The molecular formula is C31H34N10O2. The van der Waals surface area contributed by atoms with Gasteiger partial charge in [0.05, 0.1) is 19.0 Å². The normalized spacial score (nSPS) is 18.2. The van der Waals surface area contributed by atoms with Gasteiger partial charge in [-0.2, -0.15) is 15.3 Å². The third-order valence-corrected chi connectivity index (χ3v) is 7.87. The minimum atomic E-state index is -0.171. The zero-order valence-corrected chi connectivity index (χ0v) is 24.1. The number of rotatable bonds is 8. The van der Waals surface area contributed by atoms with E-state index in [0.717, 1.165) is 42.4 Å². The van der Waals surface area contributed by atoms with Crippen molar-refractivity contribution in [1.82, 2.24) is 30.0 Å². The summed E-state index contributed by atoms with van der Waals surface area (Å²) in [6.45, 7) is 2.14. The van der Waals surface area contributed by atoms with Crippen LogP contribution in [0.5, 0.6) is 0 Å². The predicted molar refractivity (Wildman–Crippen MR) is 162 cm³/mol. The van der Waals surface area contributed by atoms with E-state index in [9.17, 15) is 10.1 Å². The maximum absolute atomic E-state index is 13.7. The van der Waals surface area contributed by atoms with Gasteiger partial charge in [0.1, 0.15) is 24.2 Å². The lowest BCUT2D eigenvalue weighted by Crippen LogP contribution is -2.49. The number of urea groups is 1. The lowest BCUT2D eigenvalue weighted by molar-refractivity contribution is 0.201. The number of hydrogen-bond acceptors (Lipinski definition) is 9. The number of nitrogens with zero attached hydrogens (tertiary/aromatic N) is 8. The minimum absolute atomic E-state index is 0.0234. The van der Waals surface area contributed by atoms with Gasteiger partial charge in [0.15, 0.2) is 5.82 Å². The molecule has 1 saturated heterocycles. The van der Waals surface area contributed by atoms with Crippen LogP contribution in [-0.4, -0.2) is 62.7 Å². The number of carbonyl (C=O) groups excluding carboxylic acids is 1. The number of amides is 2. The van der Waals surface area contributed by atoms with Gasteiger partial charge < -0.3 is 20.3 Å². The molecule has 2 N–H and O–H groups in total. The monoisotopic (exact) mass is 578 g/mol. The van der Waals surface area contributed by atoms with Crippen LogP contribution in [0.25, 0.3) is 11.1 Å². The summed E-state index contributed by atoms with van der Waals surface area (Å²) >= 11 is 0. The summed E-state index contributed by atoms with van der Waals surface area (Å²) in [4.78, 5) is 31.2. The average molecular weight is 579 g/mol. The fourth-order valence-electron chi connectivity index (χ4n) is 5.59. The molecule has 0 atom stereocenters. The molecule has 1 aliphatic heterocycles. The van der Waals surface area contributed by atoms with E-state index in [0.29, 0.717) is 49.6 Å². The van der Waals surface area contributed by atoms with Gasteiger partial charge in [0.25, 0.3) is 0 Å². The quantitative estimate of drug-likeness (QED) is 0.317. The molecule has 2 fully saturated rings. The third-order valence-electron chi connectivity index (χ3n) is 7.87. The van der Waals surface area contributed by atoms with Crippen LogP contribution in [0.3, 0.4) is 0 Å². The zero-order valence-electron chi connectivity index (χ0n) is 24.1. The molecule has 4 heterocycles. The van der Waals surface area contributed by atoms with Crippen LogP contribution in [0, 0.1) is 11.3 Å². The van der Waals surface area contributed by atoms with Crippen LogP contribution >= 0.6 is 0 Å². The Bertz CT molecular complexity index is 1570. The number of nitriles is 1. The highest BCUT2D eigenvalue weighted by molar-refractivity contribution is 5.91. The number of nitrogens with one attached hydrogen (secondary N) is 2. The van der Waals surface area contributed by atoms with E-state index in [1.165, 1.54) is 0 Å². The van der Waals surface area contributed by atoms with Crippen LogP contribution < -0.4 is 20.4 Å². The topological polar surface area (TPSA) is 137 Å². The molecule has 0 spiro atoms. The Morgan fingerprint density at radius 1 is 1.07 bits per heavy atom. The predicted octanol–water partition coefficient (Wildman–Crippen LogP) is 4.08. The van der Waals surface area contributed by atoms with E-state index in [1.807, 2.05) is 60.6 Å². The number of anilines is 3. The maximum atomic E-state index is 13.7. The first-order valence-electron chi connectivity index (χ1n) is 14.5. The Balaban J connectivity index is 1.15. The molecule has 43 heavy (non-hydrogen) atoms. The van der Waals surface area contributed by atoms with Crippen molar-refractivity contribution in [2.24, 2.45) is 7.05 Å². The van der Waals surface area contributed by atoms with Gasteiger partial charge in [-0.25, -0.2) is 14.8 Å². The summed E-state index contributed by atoms with van der Waals surface area (Å²) in [5.41, 5.74) is 3.38. The largest absolute Gasteiger partial charge is 0.359 e. The number of hydrogen-bond donors (Lipinski definition) is 2. The Kier molecular flexibility index (Phi) is 8.42. The van der Waals surface area contributed by atoms with Crippen molar-refractivity contribution in [3.8, 4) is 17.2 Å². The Labute approximate surface area is 250 Å². The molecule has 220 valence electrons. The highest BCUT2D eigenvalue weighted by Crippen LogP contribution is 2.30. The van der Waals surface area contributed by atoms with E-state index in [-0.39, 0.29) is 18.1 Å². The molecule has 6 rings (SSSR count). The number of aryl methyl sites for hydroxylation is 1. The van der Waals surface area contributed by atoms with Gasteiger partial charge in [-0.3, -0.25) is 9.58 Å². The van der Waals surface area contributed by atoms with Gasteiger partial charge in [-0.15, -0.1) is 0 Å². The van der Waals surface area contributed by atoms with E-state index in [4.69, 9.17) is 9.72 Å². The standard InChI is InChI=1S/C31H34N10O2/c1-39-20-25(19-36-39)23-7-12-28(33-17-23)41(31(42)35-16-22-5-3-2-4-6-22)27-10-8-26(9-11-27)37-30-34-18-24(15-32)29(38-30)40-13-14-43-21-40/h2-7,12,17-20,26-27H,8-11,13-14,16,21H2,1H3,(H,35,42)(H,34,37,38). The first-order valence-corrected chi connectivity index (χ1v) is 14.5. The van der Waals surface area contributed by atoms with Crippen molar-refractivity contribution in [3.05, 3.63) is 78.4 Å². The van der Waals surface area contributed by atoms with E-state index < -0.39 is 0 Å². The lowest BCUT2D eigenvalue weighted by atomic mass is 9.90. The minimum Gasteiger partial charge on any atom is -0.359 e. The van der Waals surface area contributed by atoms with Gasteiger partial charge in [0.2, 0.25) is 5.95 Å². The van der Waals surface area contributed by atoms with Crippen LogP contribution in [0.1, 0.15) is 36.8 Å². The summed E-state index contributed by atoms with van der Waals surface area (Å²) in [6.07, 6.45) is 10.3. The Morgan fingerprint density at radius 3 is 2.58 bits per heavy atom. The molecule has 1 saturated carbocycles. The van der Waals surface area contributed by atoms with Crippen LogP contribution in [0.15, 0.2) is 67.3 Å². The first-order chi connectivity index (χ1) is 21.1. The molecule has 1 aliphatic carbocycles. The molecule has 0 radical (unpaired) electrons. The first kappa shape index (κ1) is 28.1. The number of benzene rings is 1. The van der Waals surface area contributed by atoms with Crippen molar-refractivity contribution in [2.45, 2.75) is 44.3 Å². The molecule has 1 aromatic carbocycles. The second kappa shape index (κ2) is 12.9. The molecule has 0 bridgehead atoms. The van der Waals surface area contributed by atoms with E-state index in [2.05, 4.69) is 31.8 Å². The summed E-state index contributed by atoms with van der Waals surface area (Å²) < 4.78 is 7.21. The second-order valence-corrected chi connectivity index (χ2v) is 10.8. The highest BCUT2D eigenvalue weighted by atomic mass is 16.5. The molecule has 3 aromatic heterocycles. The van der Waals surface area contributed by atoms with E-state index in [1.54, 1.807) is 28.2 Å². The van der Waals surface area contributed by atoms with Crippen molar-refractivity contribution >= 4 is 23.6 Å². The summed E-state index contributed by atoms with van der Waals surface area (Å²) in [6, 6.07) is 15.9. The van der Waals surface area contributed by atoms with E-state index >= 15 is 0 Å². The maximum Gasteiger partial charge on any atom is 0.323 e. The van der Waals surface area contributed by atoms with Gasteiger partial charge in [-0.05, 0) is 43.4 Å². The number of carbonyl (C=O) groups is 1. The van der Waals surface area contributed by atoms with Crippen molar-refractivity contribution in [1.29, 1.82) is 5.26 Å². The van der Waals surface area contributed by atoms with Gasteiger partial charge >= 0.3 is 6.03 Å². The Hall–Kier alpha value is -5.02. The molecular weight excluding hydrogens is 544 g/mol. The fourth-order valence-corrected chi connectivity index (χ4v) is 5.59. The molecule has 12 heteroatoms. The molecule has 12 nitrogen and oxygen atoms in total. The summed E-state index contributed by atoms with van der Waals surface area (Å²) in [5.74, 6) is 1.70. The Morgan fingerprint density at radius 2 is 1.91 bits per heavy atom. The SMILES string of the molecule is Cn1cc(-c2ccc(N(C(=O)NCc3ccccc3)C3CCC(Nc4ncc(C#N)c(N5CCOC5)n4)CC3)nc2)cn1. The van der Waals surface area contributed by atoms with Crippen molar-refractivity contribution in [3.63, 3.8) is 0 Å². The van der Waals surface area contributed by atoms with Gasteiger partial charge in [0, 0.05) is 55.7 Å². The number of aromatic nitrogens is 5. The third kappa shape index (κ3) is 6.57.